The van der Waals surface area contributed by atoms with E-state index >= 15 is 0 Å². The molecule has 0 radical (unpaired) electrons. The summed E-state index contributed by atoms with van der Waals surface area (Å²) in [5, 5.41) is 2.86. The van der Waals surface area contributed by atoms with Crippen molar-refractivity contribution in [2.24, 2.45) is 16.3 Å². The number of nitrogens with one attached hydrogen (secondary N) is 1. The van der Waals surface area contributed by atoms with Gasteiger partial charge < -0.3 is 10.2 Å². The van der Waals surface area contributed by atoms with Gasteiger partial charge in [-0.15, -0.1) is 0 Å². The molecule has 0 saturated heterocycles. The number of Topliss-reactive ketones (excluding diaryl/α,β-unsaturated/α-hetero) is 1. The van der Waals surface area contributed by atoms with Crippen molar-refractivity contribution < 1.29 is 9.59 Å². The highest BCUT2D eigenvalue weighted by Gasteiger charge is 2.23. The molecule has 5 heteroatoms. The third-order valence-electron chi connectivity index (χ3n) is 4.82. The Bertz CT molecular complexity index is 610. The first-order valence-electron chi connectivity index (χ1n) is 10.2. The van der Waals surface area contributed by atoms with Crippen molar-refractivity contribution in [1.82, 2.24) is 10.2 Å². The summed E-state index contributed by atoms with van der Waals surface area (Å²) in [6.45, 7) is 21.2. The van der Waals surface area contributed by atoms with Gasteiger partial charge in [-0.05, 0) is 39.7 Å². The zero-order valence-electron chi connectivity index (χ0n) is 19.5. The summed E-state index contributed by atoms with van der Waals surface area (Å²) in [7, 11) is 1.70. The van der Waals surface area contributed by atoms with Gasteiger partial charge in [0, 0.05) is 24.6 Å². The molecule has 5 nitrogen and oxygen atoms in total. The van der Waals surface area contributed by atoms with Crippen LogP contribution in [0.1, 0.15) is 68.2 Å². The molecule has 0 heterocycles. The molecule has 0 aromatic carbocycles. The van der Waals surface area contributed by atoms with Crippen LogP contribution in [0.15, 0.2) is 28.9 Å². The minimum absolute atomic E-state index is 0.149. The first-order valence-corrected chi connectivity index (χ1v) is 10.2. The van der Waals surface area contributed by atoms with Gasteiger partial charge in [-0.25, -0.2) is 4.99 Å². The summed E-state index contributed by atoms with van der Waals surface area (Å²) in [6.07, 6.45) is 4.40. The molecule has 0 rings (SSSR count). The molecule has 1 amide bonds. The first kappa shape index (κ1) is 26.2. The molecule has 160 valence electrons. The van der Waals surface area contributed by atoms with Crippen LogP contribution in [-0.4, -0.2) is 48.5 Å². The van der Waals surface area contributed by atoms with Crippen LogP contribution in [0.5, 0.6) is 0 Å². The summed E-state index contributed by atoms with van der Waals surface area (Å²) in [5.41, 5.74) is 2.36. The third kappa shape index (κ3) is 9.98. The van der Waals surface area contributed by atoms with E-state index in [9.17, 15) is 9.59 Å². The zero-order valence-corrected chi connectivity index (χ0v) is 19.5. The van der Waals surface area contributed by atoms with Crippen LogP contribution in [0.25, 0.3) is 0 Å². The van der Waals surface area contributed by atoms with Gasteiger partial charge in [0.1, 0.15) is 5.71 Å². The average molecular weight is 392 g/mol. The van der Waals surface area contributed by atoms with E-state index in [-0.39, 0.29) is 29.4 Å². The molecule has 0 aliphatic heterocycles. The SMILES string of the molecule is C=C(N(C/C=C(\C)CCC(C)C)CC(=NC(=O)[C@H](C)NC)C(C)=O)C(C)(C)C. The number of ketones is 1. The number of carbonyl (C=O) groups is 2. The molecule has 1 N–H and O–H groups in total. The maximum Gasteiger partial charge on any atom is 0.262 e. The van der Waals surface area contributed by atoms with Crippen LogP contribution < -0.4 is 5.32 Å². The first-order chi connectivity index (χ1) is 12.8. The molecule has 0 aliphatic carbocycles. The van der Waals surface area contributed by atoms with Crippen LogP contribution in [0.4, 0.5) is 0 Å². The molecular weight excluding hydrogens is 350 g/mol. The van der Waals surface area contributed by atoms with Crippen molar-refractivity contribution in [2.75, 3.05) is 20.1 Å². The molecular formula is C23H41N3O2. The monoisotopic (exact) mass is 391 g/mol. The van der Waals surface area contributed by atoms with Gasteiger partial charge in [0.15, 0.2) is 5.78 Å². The summed E-state index contributed by atoms with van der Waals surface area (Å²) in [5.74, 6) is 0.141. The molecule has 0 bridgehead atoms. The third-order valence-corrected chi connectivity index (χ3v) is 4.82. The van der Waals surface area contributed by atoms with Crippen molar-refractivity contribution in [3.8, 4) is 0 Å². The Hall–Kier alpha value is -1.75. The van der Waals surface area contributed by atoms with E-state index in [1.807, 2.05) is 0 Å². The van der Waals surface area contributed by atoms with Crippen LogP contribution in [0, 0.1) is 11.3 Å². The average Bonchev–Trinajstić information content (AvgIpc) is 2.59. The van der Waals surface area contributed by atoms with Gasteiger partial charge in [0.05, 0.1) is 12.6 Å². The van der Waals surface area contributed by atoms with Crippen LogP contribution >= 0.6 is 0 Å². The van der Waals surface area contributed by atoms with Crippen molar-refractivity contribution in [3.05, 3.63) is 23.9 Å². The van der Waals surface area contributed by atoms with E-state index < -0.39 is 6.04 Å². The van der Waals surface area contributed by atoms with Gasteiger partial charge in [-0.2, -0.15) is 0 Å². The van der Waals surface area contributed by atoms with Gasteiger partial charge in [-0.3, -0.25) is 9.59 Å². The van der Waals surface area contributed by atoms with Crippen molar-refractivity contribution in [1.29, 1.82) is 0 Å². The second-order valence-electron chi connectivity index (χ2n) is 9.02. The van der Waals surface area contributed by atoms with Gasteiger partial charge in [0.2, 0.25) is 0 Å². The summed E-state index contributed by atoms with van der Waals surface area (Å²) in [4.78, 5) is 30.5. The maximum atomic E-state index is 12.2. The highest BCUT2D eigenvalue weighted by molar-refractivity contribution is 6.41. The lowest BCUT2D eigenvalue weighted by atomic mass is 9.91. The maximum absolute atomic E-state index is 12.2. The molecule has 0 aromatic heterocycles. The number of hydrogen-bond donors (Lipinski definition) is 1. The lowest BCUT2D eigenvalue weighted by molar-refractivity contribution is -0.119. The second kappa shape index (κ2) is 11.9. The molecule has 28 heavy (non-hydrogen) atoms. The van der Waals surface area contributed by atoms with Gasteiger partial charge in [-0.1, -0.05) is 52.8 Å². The molecule has 0 aromatic rings. The minimum Gasteiger partial charge on any atom is -0.365 e. The smallest absolute Gasteiger partial charge is 0.262 e. The normalized spacial score (nSPS) is 14.2. The standard InChI is InChI=1S/C23H41N3O2/c1-16(2)11-12-17(3)13-14-26(20(6)23(7,8)9)15-21(19(5)27)25-22(28)18(4)24-10/h13,16,18,24H,6,11-12,14-15H2,1-5,7-10H3/b17-13+,25-21?/t18-/m0/s1. The van der Waals surface area contributed by atoms with E-state index in [2.05, 4.69) is 69.4 Å². The molecule has 0 aliphatic rings. The second-order valence-corrected chi connectivity index (χ2v) is 9.02. The largest absolute Gasteiger partial charge is 0.365 e. The number of carbonyl (C=O) groups excluding carboxylic acids is 2. The molecule has 0 unspecified atom stereocenters. The number of rotatable bonds is 11. The Morgan fingerprint density at radius 3 is 2.18 bits per heavy atom. The number of nitrogens with zero attached hydrogens (tertiary/aromatic N) is 2. The van der Waals surface area contributed by atoms with Gasteiger partial charge >= 0.3 is 0 Å². The van der Waals surface area contributed by atoms with E-state index in [1.165, 1.54) is 12.5 Å². The zero-order chi connectivity index (χ0) is 22.1. The fourth-order valence-electron chi connectivity index (χ4n) is 2.39. The highest BCUT2D eigenvalue weighted by Crippen LogP contribution is 2.27. The summed E-state index contributed by atoms with van der Waals surface area (Å²) >= 11 is 0. The van der Waals surface area contributed by atoms with E-state index in [4.69, 9.17) is 0 Å². The lowest BCUT2D eigenvalue weighted by Crippen LogP contribution is -2.38. The number of allylic oxidation sites excluding steroid dienone is 2. The lowest BCUT2D eigenvalue weighted by Gasteiger charge is -2.34. The molecule has 0 fully saturated rings. The topological polar surface area (TPSA) is 61.8 Å². The Balaban J connectivity index is 5.58. The van der Waals surface area contributed by atoms with Crippen LogP contribution in [0.2, 0.25) is 0 Å². The molecule has 0 saturated carbocycles. The number of aliphatic imine (C=N–C) groups is 1. The fourth-order valence-corrected chi connectivity index (χ4v) is 2.39. The molecule has 0 spiro atoms. The van der Waals surface area contributed by atoms with Crippen molar-refractivity contribution >= 4 is 17.4 Å². The predicted molar refractivity (Wildman–Crippen MR) is 120 cm³/mol. The van der Waals surface area contributed by atoms with Crippen molar-refractivity contribution in [3.63, 3.8) is 0 Å². The fraction of sp³-hybridized carbons (Fsp3) is 0.696. The summed E-state index contributed by atoms with van der Waals surface area (Å²) in [6, 6.07) is -0.424. The predicted octanol–water partition coefficient (Wildman–Crippen LogP) is 4.40. The minimum atomic E-state index is -0.424. The van der Waals surface area contributed by atoms with Crippen LogP contribution in [0.3, 0.4) is 0 Å². The van der Waals surface area contributed by atoms with E-state index in [0.29, 0.717) is 12.5 Å². The van der Waals surface area contributed by atoms with Crippen LogP contribution in [-0.2, 0) is 9.59 Å². The highest BCUT2D eigenvalue weighted by atomic mass is 16.2. The van der Waals surface area contributed by atoms with E-state index in [0.717, 1.165) is 18.5 Å². The Morgan fingerprint density at radius 2 is 1.75 bits per heavy atom. The number of likely N-dealkylation sites (N-methyl/N-ethyl adjacent to an activating group) is 1. The Morgan fingerprint density at radius 1 is 1.18 bits per heavy atom. The summed E-state index contributed by atoms with van der Waals surface area (Å²) < 4.78 is 0. The number of amides is 1. The Kier molecular flexibility index (Phi) is 11.2. The Labute approximate surface area is 172 Å². The van der Waals surface area contributed by atoms with Crippen molar-refractivity contribution in [2.45, 2.75) is 74.3 Å². The quantitative estimate of drug-likeness (QED) is 0.419. The number of hydrogen-bond acceptors (Lipinski definition) is 4. The van der Waals surface area contributed by atoms with Gasteiger partial charge in [0.25, 0.3) is 5.91 Å². The molecule has 1 atom stereocenters. The van der Waals surface area contributed by atoms with E-state index in [1.54, 1.807) is 14.0 Å².